The maximum Gasteiger partial charge on any atom is 0.411 e. The van der Waals surface area contributed by atoms with E-state index in [0.29, 0.717) is 12.2 Å². The van der Waals surface area contributed by atoms with Gasteiger partial charge in [0.2, 0.25) is 0 Å². The van der Waals surface area contributed by atoms with E-state index in [1.807, 2.05) is 54.6 Å². The van der Waals surface area contributed by atoms with Gasteiger partial charge in [-0.3, -0.25) is 10.3 Å². The second kappa shape index (κ2) is 10.4. The Labute approximate surface area is 171 Å². The predicted molar refractivity (Wildman–Crippen MR) is 114 cm³/mol. The Bertz CT molecular complexity index is 801. The molecule has 0 aromatic heterocycles. The van der Waals surface area contributed by atoms with Gasteiger partial charge in [-0.1, -0.05) is 30.3 Å². The van der Waals surface area contributed by atoms with E-state index in [2.05, 4.69) is 25.3 Å². The summed E-state index contributed by atoms with van der Waals surface area (Å²) in [6, 6.07) is 17.6. The van der Waals surface area contributed by atoms with Crippen LogP contribution in [0.4, 0.5) is 10.5 Å². The molecule has 0 radical (unpaired) electrons. The van der Waals surface area contributed by atoms with E-state index in [-0.39, 0.29) is 6.10 Å². The molecule has 0 spiro atoms. The van der Waals surface area contributed by atoms with Gasteiger partial charge in [-0.05, 0) is 29.8 Å². The molecule has 0 aliphatic carbocycles. The van der Waals surface area contributed by atoms with Crippen molar-refractivity contribution in [3.05, 3.63) is 60.2 Å². The summed E-state index contributed by atoms with van der Waals surface area (Å²) in [5.74, 6) is 1.82. The molecular formula is C22H28N4O3. The predicted octanol–water partition coefficient (Wildman–Crippen LogP) is 3.48. The van der Waals surface area contributed by atoms with Gasteiger partial charge in [0, 0.05) is 45.2 Å². The average molecular weight is 396 g/mol. The van der Waals surface area contributed by atoms with E-state index in [9.17, 15) is 4.79 Å². The monoisotopic (exact) mass is 396 g/mol. The Balaban J connectivity index is 1.45. The van der Waals surface area contributed by atoms with Crippen LogP contribution in [0.15, 0.2) is 59.6 Å². The number of nitrogens with zero attached hydrogens (tertiary/aromatic N) is 2. The summed E-state index contributed by atoms with van der Waals surface area (Å²) in [7, 11) is 3.15. The average Bonchev–Trinajstić information content (AvgIpc) is 2.77. The zero-order valence-electron chi connectivity index (χ0n) is 16.9. The highest BCUT2D eigenvalue weighted by Gasteiger charge is 2.22. The second-order valence-corrected chi connectivity index (χ2v) is 6.83. The van der Waals surface area contributed by atoms with Crippen molar-refractivity contribution in [2.24, 2.45) is 4.99 Å². The first-order valence-electron chi connectivity index (χ1n) is 9.79. The van der Waals surface area contributed by atoms with E-state index < -0.39 is 6.09 Å². The molecule has 3 rings (SSSR count). The number of likely N-dealkylation sites (tertiary alicyclic amines) is 1. The van der Waals surface area contributed by atoms with Crippen molar-refractivity contribution in [2.75, 3.05) is 32.6 Å². The second-order valence-electron chi connectivity index (χ2n) is 6.83. The molecule has 1 heterocycles. The summed E-state index contributed by atoms with van der Waals surface area (Å²) in [6.07, 6.45) is 1.69. The number of ether oxygens (including phenoxy) is 2. The van der Waals surface area contributed by atoms with Crippen LogP contribution in [-0.4, -0.2) is 50.3 Å². The highest BCUT2D eigenvalue weighted by Crippen LogP contribution is 2.19. The molecule has 2 aromatic rings. The van der Waals surface area contributed by atoms with Gasteiger partial charge in [-0.15, -0.1) is 0 Å². The number of benzene rings is 2. The Morgan fingerprint density at radius 2 is 1.79 bits per heavy atom. The third-order valence-corrected chi connectivity index (χ3v) is 4.84. The minimum absolute atomic E-state index is 0.238. The Kier molecular flexibility index (Phi) is 7.33. The summed E-state index contributed by atoms with van der Waals surface area (Å²) in [5.41, 5.74) is 1.80. The molecule has 0 unspecified atom stereocenters. The smallest absolute Gasteiger partial charge is 0.411 e. The quantitative estimate of drug-likeness (QED) is 0.598. The number of hydrogen-bond acceptors (Lipinski definition) is 4. The molecule has 1 aliphatic rings. The SMILES string of the molecule is CN=C(NCc1ccc(NC(=O)OC)cc1)N1CCC(Oc2ccccc2)CC1. The number of amides is 1. The third kappa shape index (κ3) is 6.14. The summed E-state index contributed by atoms with van der Waals surface area (Å²) >= 11 is 0. The Morgan fingerprint density at radius 3 is 2.41 bits per heavy atom. The number of guanidine groups is 1. The van der Waals surface area contributed by atoms with Crippen molar-refractivity contribution in [1.29, 1.82) is 0 Å². The van der Waals surface area contributed by atoms with Crippen molar-refractivity contribution < 1.29 is 14.3 Å². The Morgan fingerprint density at radius 1 is 1.10 bits per heavy atom. The van der Waals surface area contributed by atoms with Gasteiger partial charge in [0.25, 0.3) is 0 Å². The molecule has 2 N–H and O–H groups in total. The number of piperidine rings is 1. The fourth-order valence-electron chi connectivity index (χ4n) is 3.27. The highest BCUT2D eigenvalue weighted by atomic mass is 16.5. The molecule has 2 aromatic carbocycles. The first-order chi connectivity index (χ1) is 14.2. The van der Waals surface area contributed by atoms with E-state index in [0.717, 1.165) is 43.2 Å². The number of para-hydroxylation sites is 1. The van der Waals surface area contributed by atoms with Crippen LogP contribution in [0.5, 0.6) is 5.75 Å². The number of carbonyl (C=O) groups excluding carboxylic acids is 1. The lowest BCUT2D eigenvalue weighted by molar-refractivity contribution is 0.129. The van der Waals surface area contributed by atoms with Crippen molar-refractivity contribution >= 4 is 17.7 Å². The minimum Gasteiger partial charge on any atom is -0.490 e. The number of carbonyl (C=O) groups is 1. The van der Waals surface area contributed by atoms with E-state index in [1.165, 1.54) is 7.11 Å². The number of nitrogens with one attached hydrogen (secondary N) is 2. The fraction of sp³-hybridized carbons (Fsp3) is 0.364. The standard InChI is InChI=1S/C22H28N4O3/c1-23-21(24-16-17-8-10-18(11-9-17)25-22(27)28-2)26-14-12-20(13-15-26)29-19-6-4-3-5-7-19/h3-11,20H,12-16H2,1-2H3,(H,23,24)(H,25,27). The van der Waals surface area contributed by atoms with Crippen molar-refractivity contribution in [1.82, 2.24) is 10.2 Å². The summed E-state index contributed by atoms with van der Waals surface area (Å²) in [4.78, 5) is 17.9. The van der Waals surface area contributed by atoms with Crippen molar-refractivity contribution in [2.45, 2.75) is 25.5 Å². The van der Waals surface area contributed by atoms with Crippen LogP contribution in [0, 0.1) is 0 Å². The first kappa shape index (κ1) is 20.5. The largest absolute Gasteiger partial charge is 0.490 e. The number of aliphatic imine (C=N–C) groups is 1. The normalized spacial score (nSPS) is 15.0. The molecule has 1 amide bonds. The van der Waals surface area contributed by atoms with E-state index >= 15 is 0 Å². The summed E-state index contributed by atoms with van der Waals surface area (Å²) < 4.78 is 10.7. The molecule has 29 heavy (non-hydrogen) atoms. The van der Waals surface area contributed by atoms with Crippen LogP contribution in [0.1, 0.15) is 18.4 Å². The lowest BCUT2D eigenvalue weighted by Crippen LogP contribution is -2.47. The van der Waals surface area contributed by atoms with Gasteiger partial charge in [0.15, 0.2) is 5.96 Å². The number of rotatable bonds is 5. The van der Waals surface area contributed by atoms with Crippen molar-refractivity contribution in [3.8, 4) is 5.75 Å². The first-order valence-corrected chi connectivity index (χ1v) is 9.79. The number of methoxy groups -OCH3 is 1. The fourth-order valence-corrected chi connectivity index (χ4v) is 3.27. The molecule has 0 atom stereocenters. The van der Waals surface area contributed by atoms with Gasteiger partial charge >= 0.3 is 6.09 Å². The molecular weight excluding hydrogens is 368 g/mol. The number of anilines is 1. The van der Waals surface area contributed by atoms with Crippen LogP contribution in [0.2, 0.25) is 0 Å². The molecule has 7 heteroatoms. The maximum absolute atomic E-state index is 11.2. The van der Waals surface area contributed by atoms with Gasteiger partial charge in [-0.25, -0.2) is 4.79 Å². The maximum atomic E-state index is 11.2. The minimum atomic E-state index is -0.476. The van der Waals surface area contributed by atoms with Crippen LogP contribution in [-0.2, 0) is 11.3 Å². The topological polar surface area (TPSA) is 75.2 Å². The summed E-state index contributed by atoms with van der Waals surface area (Å²) in [5, 5.41) is 6.06. The van der Waals surface area contributed by atoms with Gasteiger partial charge in [-0.2, -0.15) is 0 Å². The Hall–Kier alpha value is -3.22. The molecule has 1 fully saturated rings. The van der Waals surface area contributed by atoms with Gasteiger partial charge < -0.3 is 19.7 Å². The zero-order chi connectivity index (χ0) is 20.5. The van der Waals surface area contributed by atoms with Crippen LogP contribution in [0.3, 0.4) is 0 Å². The van der Waals surface area contributed by atoms with Gasteiger partial charge in [0.1, 0.15) is 11.9 Å². The van der Waals surface area contributed by atoms with E-state index in [4.69, 9.17) is 4.74 Å². The zero-order valence-corrected chi connectivity index (χ0v) is 16.9. The molecule has 7 nitrogen and oxygen atoms in total. The molecule has 1 aliphatic heterocycles. The third-order valence-electron chi connectivity index (χ3n) is 4.84. The number of hydrogen-bond donors (Lipinski definition) is 2. The molecule has 1 saturated heterocycles. The highest BCUT2D eigenvalue weighted by molar-refractivity contribution is 5.84. The van der Waals surface area contributed by atoms with E-state index in [1.54, 1.807) is 7.05 Å². The summed E-state index contributed by atoms with van der Waals surface area (Å²) in [6.45, 7) is 2.46. The lowest BCUT2D eigenvalue weighted by atomic mass is 10.1. The molecule has 154 valence electrons. The van der Waals surface area contributed by atoms with Gasteiger partial charge in [0.05, 0.1) is 7.11 Å². The van der Waals surface area contributed by atoms with Crippen LogP contribution < -0.4 is 15.4 Å². The van der Waals surface area contributed by atoms with Crippen molar-refractivity contribution in [3.63, 3.8) is 0 Å². The molecule has 0 bridgehead atoms. The van der Waals surface area contributed by atoms with Crippen LogP contribution >= 0.6 is 0 Å². The molecule has 0 saturated carbocycles. The lowest BCUT2D eigenvalue weighted by Gasteiger charge is -2.34. The van der Waals surface area contributed by atoms with Crippen LogP contribution in [0.25, 0.3) is 0 Å².